The SMILES string of the molecule is Clc1cccc(CCc2ccc3ncc(-c4ccccc4)n3n2)c1. The summed E-state index contributed by atoms with van der Waals surface area (Å²) in [6.45, 7) is 0. The minimum atomic E-state index is 0.775. The molecule has 118 valence electrons. The van der Waals surface area contributed by atoms with Gasteiger partial charge in [0.25, 0.3) is 0 Å². The van der Waals surface area contributed by atoms with Crippen LogP contribution in [0.4, 0.5) is 0 Å². The van der Waals surface area contributed by atoms with Crippen LogP contribution in [0, 0.1) is 0 Å². The minimum Gasteiger partial charge on any atom is -0.235 e. The Morgan fingerprint density at radius 3 is 2.58 bits per heavy atom. The number of halogens is 1. The first kappa shape index (κ1) is 14.9. The first-order valence-electron chi connectivity index (χ1n) is 7.93. The van der Waals surface area contributed by atoms with E-state index >= 15 is 0 Å². The summed E-state index contributed by atoms with van der Waals surface area (Å²) in [5, 5.41) is 5.55. The smallest absolute Gasteiger partial charge is 0.154 e. The Labute approximate surface area is 145 Å². The molecule has 0 unspecified atom stereocenters. The van der Waals surface area contributed by atoms with Gasteiger partial charge < -0.3 is 0 Å². The van der Waals surface area contributed by atoms with E-state index in [0.29, 0.717) is 0 Å². The van der Waals surface area contributed by atoms with Gasteiger partial charge in [-0.1, -0.05) is 54.1 Å². The Bertz CT molecular complexity index is 977. The fraction of sp³-hybridized carbons (Fsp3) is 0.100. The predicted molar refractivity (Wildman–Crippen MR) is 97.3 cm³/mol. The Morgan fingerprint density at radius 2 is 1.75 bits per heavy atom. The molecule has 3 nitrogen and oxygen atoms in total. The third-order valence-corrected chi connectivity index (χ3v) is 4.28. The number of benzene rings is 2. The highest BCUT2D eigenvalue weighted by Crippen LogP contribution is 2.20. The average Bonchev–Trinajstić information content (AvgIpc) is 3.04. The lowest BCUT2D eigenvalue weighted by Crippen LogP contribution is -2.01. The van der Waals surface area contributed by atoms with Crippen LogP contribution in [0.5, 0.6) is 0 Å². The summed E-state index contributed by atoms with van der Waals surface area (Å²) in [6, 6.07) is 22.3. The van der Waals surface area contributed by atoms with Gasteiger partial charge in [-0.3, -0.25) is 0 Å². The van der Waals surface area contributed by atoms with E-state index in [1.165, 1.54) is 5.56 Å². The molecule has 4 heteroatoms. The van der Waals surface area contributed by atoms with Crippen molar-refractivity contribution in [3.63, 3.8) is 0 Å². The lowest BCUT2D eigenvalue weighted by molar-refractivity contribution is 0.828. The van der Waals surface area contributed by atoms with E-state index in [0.717, 1.165) is 40.5 Å². The van der Waals surface area contributed by atoms with Gasteiger partial charge in [-0.25, -0.2) is 9.50 Å². The number of aromatic nitrogens is 3. The Kier molecular flexibility index (Phi) is 4.01. The molecule has 0 aliphatic rings. The fourth-order valence-corrected chi connectivity index (χ4v) is 3.03. The van der Waals surface area contributed by atoms with Crippen LogP contribution in [0.1, 0.15) is 11.3 Å². The van der Waals surface area contributed by atoms with Crippen LogP contribution >= 0.6 is 11.6 Å². The van der Waals surface area contributed by atoms with Gasteiger partial charge in [0.1, 0.15) is 0 Å². The van der Waals surface area contributed by atoms with E-state index in [1.54, 1.807) is 0 Å². The van der Waals surface area contributed by atoms with E-state index in [9.17, 15) is 0 Å². The highest BCUT2D eigenvalue weighted by Gasteiger charge is 2.08. The number of fused-ring (bicyclic) bond motifs is 1. The van der Waals surface area contributed by atoms with Crippen LogP contribution in [-0.4, -0.2) is 14.6 Å². The first-order chi connectivity index (χ1) is 11.8. The molecule has 0 saturated heterocycles. The van der Waals surface area contributed by atoms with E-state index in [4.69, 9.17) is 16.7 Å². The first-order valence-corrected chi connectivity index (χ1v) is 8.31. The number of nitrogens with zero attached hydrogens (tertiary/aromatic N) is 3. The molecule has 0 spiro atoms. The molecular formula is C20H16ClN3. The summed E-state index contributed by atoms with van der Waals surface area (Å²) in [7, 11) is 0. The predicted octanol–water partition coefficient (Wildman–Crippen LogP) is 4.83. The second-order valence-electron chi connectivity index (χ2n) is 5.73. The van der Waals surface area contributed by atoms with Gasteiger partial charge in [-0.15, -0.1) is 0 Å². The summed E-state index contributed by atoms with van der Waals surface area (Å²) in [6.07, 6.45) is 3.65. The number of rotatable bonds is 4. The standard InChI is InChI=1S/C20H16ClN3/c21-17-8-4-5-15(13-17)9-10-18-11-12-20-22-14-19(24(20)23-18)16-6-2-1-3-7-16/h1-8,11-14H,9-10H2. The maximum absolute atomic E-state index is 6.05. The highest BCUT2D eigenvalue weighted by atomic mass is 35.5. The van der Waals surface area contributed by atoms with Gasteiger partial charge >= 0.3 is 0 Å². The molecule has 4 rings (SSSR count). The Balaban J connectivity index is 1.63. The van der Waals surface area contributed by atoms with Gasteiger partial charge in [-0.05, 0) is 42.7 Å². The third-order valence-electron chi connectivity index (χ3n) is 4.05. The van der Waals surface area contributed by atoms with E-state index < -0.39 is 0 Å². The maximum Gasteiger partial charge on any atom is 0.154 e. The zero-order valence-corrected chi connectivity index (χ0v) is 13.8. The summed E-state index contributed by atoms with van der Waals surface area (Å²) < 4.78 is 1.92. The molecular weight excluding hydrogens is 318 g/mol. The second kappa shape index (κ2) is 6.46. The Hall–Kier alpha value is -2.65. The molecule has 0 fully saturated rings. The van der Waals surface area contributed by atoms with Crippen molar-refractivity contribution in [1.82, 2.24) is 14.6 Å². The number of hydrogen-bond donors (Lipinski definition) is 0. The van der Waals surface area contributed by atoms with E-state index in [2.05, 4.69) is 23.2 Å². The van der Waals surface area contributed by atoms with Crippen molar-refractivity contribution < 1.29 is 0 Å². The van der Waals surface area contributed by atoms with Crippen LogP contribution in [-0.2, 0) is 12.8 Å². The quantitative estimate of drug-likeness (QED) is 0.535. The summed E-state index contributed by atoms with van der Waals surface area (Å²) in [5.74, 6) is 0. The second-order valence-corrected chi connectivity index (χ2v) is 6.17. The number of aryl methyl sites for hydroxylation is 2. The molecule has 2 heterocycles. The third kappa shape index (κ3) is 3.03. The lowest BCUT2D eigenvalue weighted by Gasteiger charge is -2.05. The van der Waals surface area contributed by atoms with Gasteiger partial charge in [-0.2, -0.15) is 5.10 Å². The maximum atomic E-state index is 6.05. The summed E-state index contributed by atoms with van der Waals surface area (Å²) in [4.78, 5) is 4.45. The van der Waals surface area contributed by atoms with Gasteiger partial charge in [0.05, 0.1) is 17.6 Å². The number of imidazole rings is 1. The monoisotopic (exact) mass is 333 g/mol. The molecule has 2 aromatic carbocycles. The van der Waals surface area contributed by atoms with Crippen molar-refractivity contribution in [3.05, 3.63) is 89.2 Å². The largest absolute Gasteiger partial charge is 0.235 e. The van der Waals surface area contributed by atoms with Crippen molar-refractivity contribution in [1.29, 1.82) is 0 Å². The molecule has 0 N–H and O–H groups in total. The van der Waals surface area contributed by atoms with Gasteiger partial charge in [0.15, 0.2) is 5.65 Å². The van der Waals surface area contributed by atoms with Crippen molar-refractivity contribution >= 4 is 17.2 Å². The zero-order chi connectivity index (χ0) is 16.4. The molecule has 0 atom stereocenters. The molecule has 24 heavy (non-hydrogen) atoms. The van der Waals surface area contributed by atoms with Crippen LogP contribution in [0.25, 0.3) is 16.9 Å². The molecule has 0 saturated carbocycles. The topological polar surface area (TPSA) is 30.2 Å². The molecule has 0 aliphatic heterocycles. The van der Waals surface area contributed by atoms with Crippen LogP contribution in [0.15, 0.2) is 72.9 Å². The van der Waals surface area contributed by atoms with Crippen LogP contribution < -0.4 is 0 Å². The number of hydrogen-bond acceptors (Lipinski definition) is 2. The van der Waals surface area contributed by atoms with Gasteiger partial charge in [0.2, 0.25) is 0 Å². The van der Waals surface area contributed by atoms with E-state index in [-0.39, 0.29) is 0 Å². The molecule has 4 aromatic rings. The minimum absolute atomic E-state index is 0.775. The van der Waals surface area contributed by atoms with Crippen LogP contribution in [0.2, 0.25) is 5.02 Å². The Morgan fingerprint density at radius 1 is 0.875 bits per heavy atom. The lowest BCUT2D eigenvalue weighted by atomic mass is 10.1. The normalized spacial score (nSPS) is 11.0. The average molecular weight is 334 g/mol. The van der Waals surface area contributed by atoms with Crippen molar-refractivity contribution in [2.45, 2.75) is 12.8 Å². The highest BCUT2D eigenvalue weighted by molar-refractivity contribution is 6.30. The molecule has 2 aromatic heterocycles. The van der Waals surface area contributed by atoms with Crippen LogP contribution in [0.3, 0.4) is 0 Å². The fourth-order valence-electron chi connectivity index (χ4n) is 2.82. The van der Waals surface area contributed by atoms with Gasteiger partial charge in [0, 0.05) is 10.6 Å². The molecule has 0 amide bonds. The van der Waals surface area contributed by atoms with Crippen molar-refractivity contribution in [3.8, 4) is 11.3 Å². The molecule has 0 aliphatic carbocycles. The molecule has 0 radical (unpaired) electrons. The van der Waals surface area contributed by atoms with E-state index in [1.807, 2.05) is 59.2 Å². The van der Waals surface area contributed by atoms with Crippen molar-refractivity contribution in [2.24, 2.45) is 0 Å². The summed E-state index contributed by atoms with van der Waals surface area (Å²) in [5.41, 5.74) is 5.25. The summed E-state index contributed by atoms with van der Waals surface area (Å²) >= 11 is 6.05. The molecule has 0 bridgehead atoms. The van der Waals surface area contributed by atoms with Crippen molar-refractivity contribution in [2.75, 3.05) is 0 Å². The zero-order valence-electron chi connectivity index (χ0n) is 13.1.